The molecule has 7 heteroatoms. The van der Waals surface area contributed by atoms with Crippen LogP contribution in [0.15, 0.2) is 34.9 Å². The third kappa shape index (κ3) is 5.37. The zero-order valence-electron chi connectivity index (χ0n) is 17.4. The van der Waals surface area contributed by atoms with Crippen molar-refractivity contribution in [3.8, 4) is 17.1 Å². The molecular weight excluding hydrogens is 366 g/mol. The van der Waals surface area contributed by atoms with E-state index in [4.69, 9.17) is 20.4 Å². The number of nitrogens with two attached hydrogens (primary N) is 1. The van der Waals surface area contributed by atoms with Crippen LogP contribution in [0.1, 0.15) is 62.9 Å². The summed E-state index contributed by atoms with van der Waals surface area (Å²) in [6, 6.07) is 5.65. The van der Waals surface area contributed by atoms with Gasteiger partial charge in [0.05, 0.1) is 6.61 Å². The van der Waals surface area contributed by atoms with Gasteiger partial charge in [-0.15, -0.1) is 0 Å². The summed E-state index contributed by atoms with van der Waals surface area (Å²) in [7, 11) is 0. The highest BCUT2D eigenvalue weighted by molar-refractivity contribution is 5.76. The number of unbranched alkanes of at least 4 members (excludes halogenated alkanes) is 5. The molecule has 1 aromatic carbocycles. The van der Waals surface area contributed by atoms with Gasteiger partial charge in [-0.1, -0.05) is 56.3 Å². The Morgan fingerprint density at radius 2 is 2.07 bits per heavy atom. The maximum atomic E-state index is 7.67. The summed E-state index contributed by atoms with van der Waals surface area (Å²) in [6.07, 6.45) is 11.4. The molecule has 0 saturated carbocycles. The topological polar surface area (TPSA) is 101 Å². The number of nitrogens with one attached hydrogen (secondary N) is 1. The van der Waals surface area contributed by atoms with Crippen molar-refractivity contribution in [2.75, 3.05) is 13.2 Å². The smallest absolute Gasteiger partial charge is 0.253 e. The lowest BCUT2D eigenvalue weighted by Crippen LogP contribution is -2.36. The molecule has 0 aliphatic carbocycles. The van der Waals surface area contributed by atoms with Gasteiger partial charge in [-0.05, 0) is 37.1 Å². The van der Waals surface area contributed by atoms with Crippen molar-refractivity contribution in [3.05, 3.63) is 41.8 Å². The average Bonchev–Trinajstić information content (AvgIpc) is 3.37. The lowest BCUT2D eigenvalue weighted by atomic mass is 10.1. The van der Waals surface area contributed by atoms with Crippen LogP contribution < -0.4 is 10.5 Å². The maximum absolute atomic E-state index is 7.67. The van der Waals surface area contributed by atoms with Crippen LogP contribution in [-0.2, 0) is 0 Å². The number of guanidine groups is 1. The van der Waals surface area contributed by atoms with E-state index < -0.39 is 0 Å². The predicted molar refractivity (Wildman–Crippen MR) is 114 cm³/mol. The molecule has 0 saturated heterocycles. The van der Waals surface area contributed by atoms with Crippen LogP contribution >= 0.6 is 0 Å². The first-order chi connectivity index (χ1) is 14.1. The number of hydrogen-bond acceptors (Lipinski definition) is 5. The lowest BCUT2D eigenvalue weighted by molar-refractivity contribution is 0.302. The molecule has 2 aromatic rings. The Balaban J connectivity index is 1.57. The van der Waals surface area contributed by atoms with Crippen LogP contribution in [0.2, 0.25) is 0 Å². The highest BCUT2D eigenvalue weighted by Crippen LogP contribution is 2.29. The van der Waals surface area contributed by atoms with E-state index in [-0.39, 0.29) is 12.0 Å². The minimum Gasteiger partial charge on any atom is -0.493 e. The quantitative estimate of drug-likeness (QED) is 0.263. The minimum absolute atomic E-state index is 0.0116. The van der Waals surface area contributed by atoms with Gasteiger partial charge in [0, 0.05) is 12.1 Å². The van der Waals surface area contributed by atoms with Crippen LogP contribution in [0.5, 0.6) is 5.75 Å². The molecule has 1 aromatic heterocycles. The molecule has 29 heavy (non-hydrogen) atoms. The Bertz CT molecular complexity index is 845. The zero-order chi connectivity index (χ0) is 20.6. The van der Waals surface area contributed by atoms with Crippen molar-refractivity contribution in [3.63, 3.8) is 0 Å². The molecule has 0 fully saturated rings. The summed E-state index contributed by atoms with van der Waals surface area (Å²) in [6.45, 7) is 5.57. The van der Waals surface area contributed by atoms with Crippen LogP contribution in [0, 0.1) is 12.3 Å². The third-order valence-electron chi connectivity index (χ3n) is 5.15. The summed E-state index contributed by atoms with van der Waals surface area (Å²) >= 11 is 0. The Kier molecular flexibility index (Phi) is 7.27. The second kappa shape index (κ2) is 10.1. The van der Waals surface area contributed by atoms with Gasteiger partial charge < -0.3 is 19.9 Å². The third-order valence-corrected chi connectivity index (χ3v) is 5.15. The summed E-state index contributed by atoms with van der Waals surface area (Å²) in [4.78, 5) is 6.21. The number of benzene rings is 1. The van der Waals surface area contributed by atoms with E-state index in [1.165, 1.54) is 32.1 Å². The largest absolute Gasteiger partial charge is 0.493 e. The zero-order valence-corrected chi connectivity index (χ0v) is 17.4. The Hall–Kier alpha value is -2.83. The molecule has 1 atom stereocenters. The van der Waals surface area contributed by atoms with E-state index in [1.54, 1.807) is 4.90 Å². The number of hydrogen-bond donors (Lipinski definition) is 2. The Morgan fingerprint density at radius 1 is 1.28 bits per heavy atom. The van der Waals surface area contributed by atoms with Crippen LogP contribution in [0.3, 0.4) is 0 Å². The van der Waals surface area contributed by atoms with Gasteiger partial charge >= 0.3 is 0 Å². The molecule has 0 spiro atoms. The molecule has 0 radical (unpaired) electrons. The van der Waals surface area contributed by atoms with Gasteiger partial charge in [0.1, 0.15) is 11.8 Å². The summed E-state index contributed by atoms with van der Waals surface area (Å²) in [5.74, 6) is 1.84. The number of rotatable bonds is 10. The van der Waals surface area contributed by atoms with Crippen molar-refractivity contribution < 1.29 is 9.26 Å². The number of aromatic nitrogens is 2. The van der Waals surface area contributed by atoms with Gasteiger partial charge in [0.15, 0.2) is 5.96 Å². The molecule has 1 aliphatic heterocycles. The molecule has 3 N–H and O–H groups in total. The molecule has 3 rings (SSSR count). The summed E-state index contributed by atoms with van der Waals surface area (Å²) < 4.78 is 11.4. The van der Waals surface area contributed by atoms with Crippen molar-refractivity contribution in [1.29, 1.82) is 5.41 Å². The minimum atomic E-state index is -0.283. The summed E-state index contributed by atoms with van der Waals surface area (Å²) in [5, 5.41) is 11.8. The normalized spacial score (nSPS) is 15.8. The monoisotopic (exact) mass is 397 g/mol. The van der Waals surface area contributed by atoms with Crippen LogP contribution in [0.25, 0.3) is 11.4 Å². The van der Waals surface area contributed by atoms with Crippen LogP contribution in [-0.4, -0.2) is 34.2 Å². The lowest BCUT2D eigenvalue weighted by Gasteiger charge is -2.21. The Morgan fingerprint density at radius 3 is 2.83 bits per heavy atom. The molecule has 156 valence electrons. The molecular formula is C22H31N5O2. The Labute approximate surface area is 172 Å². The van der Waals surface area contributed by atoms with E-state index >= 15 is 0 Å². The highest BCUT2D eigenvalue weighted by atomic mass is 16.5. The number of ether oxygens (including phenoxy) is 1. The maximum Gasteiger partial charge on any atom is 0.253 e. The second-order valence-electron chi connectivity index (χ2n) is 7.46. The van der Waals surface area contributed by atoms with Gasteiger partial charge in [-0.3, -0.25) is 5.41 Å². The number of nitrogens with zero attached hydrogens (tertiary/aromatic N) is 3. The predicted octanol–water partition coefficient (Wildman–Crippen LogP) is 4.59. The first-order valence-electron chi connectivity index (χ1n) is 10.4. The molecule has 1 aliphatic rings. The SMILES string of the molecule is CCCCCCCCOc1ccc(-c2noc([C@@H]3C=CCN3C(=N)N)n2)cc1C. The van der Waals surface area contributed by atoms with E-state index in [2.05, 4.69) is 17.1 Å². The van der Waals surface area contributed by atoms with Crippen molar-refractivity contribution in [2.45, 2.75) is 58.4 Å². The molecule has 0 unspecified atom stereocenters. The van der Waals surface area contributed by atoms with Crippen molar-refractivity contribution >= 4 is 5.96 Å². The van der Waals surface area contributed by atoms with Gasteiger partial charge in [0.25, 0.3) is 5.89 Å². The van der Waals surface area contributed by atoms with E-state index in [1.807, 2.05) is 37.3 Å². The van der Waals surface area contributed by atoms with Gasteiger partial charge in [-0.25, -0.2) is 0 Å². The van der Waals surface area contributed by atoms with Crippen molar-refractivity contribution in [1.82, 2.24) is 15.0 Å². The van der Waals surface area contributed by atoms with E-state index in [0.717, 1.165) is 29.9 Å². The van der Waals surface area contributed by atoms with Crippen molar-refractivity contribution in [2.24, 2.45) is 5.73 Å². The standard InChI is InChI=1S/C22H31N5O2/c1-3-4-5-6-7-8-14-28-19-12-11-17(15-16(19)2)20-25-21(29-26-20)18-10-9-13-27(18)22(23)24/h9-12,15,18H,3-8,13-14H2,1-2H3,(H3,23,24)/t18-/m0/s1. The molecule has 2 heterocycles. The number of aryl methyl sites for hydroxylation is 1. The summed E-state index contributed by atoms with van der Waals surface area (Å²) in [5.41, 5.74) is 7.55. The van der Waals surface area contributed by atoms with Crippen LogP contribution in [0.4, 0.5) is 0 Å². The van der Waals surface area contributed by atoms with Gasteiger partial charge in [0.2, 0.25) is 5.82 Å². The molecule has 0 amide bonds. The van der Waals surface area contributed by atoms with E-state index in [9.17, 15) is 0 Å². The molecule has 0 bridgehead atoms. The van der Waals surface area contributed by atoms with E-state index in [0.29, 0.717) is 18.3 Å². The first kappa shape index (κ1) is 20.9. The second-order valence-corrected chi connectivity index (χ2v) is 7.46. The fourth-order valence-corrected chi connectivity index (χ4v) is 3.47. The fraction of sp³-hybridized carbons (Fsp3) is 0.500. The van der Waals surface area contributed by atoms with Gasteiger partial charge in [-0.2, -0.15) is 4.98 Å². The first-order valence-corrected chi connectivity index (χ1v) is 10.4. The fourth-order valence-electron chi connectivity index (χ4n) is 3.47. The highest BCUT2D eigenvalue weighted by Gasteiger charge is 2.28. The average molecular weight is 398 g/mol. The molecule has 7 nitrogen and oxygen atoms in total.